The monoisotopic (exact) mass is 279 g/mol. The first-order valence-corrected chi connectivity index (χ1v) is 7.82. The Labute approximate surface area is 122 Å². The van der Waals surface area contributed by atoms with Crippen molar-refractivity contribution in [1.29, 1.82) is 0 Å². The first-order chi connectivity index (χ1) is 9.40. The largest absolute Gasteiger partial charge is 0.361 e. The highest BCUT2D eigenvalue weighted by Gasteiger charge is 2.31. The molecule has 114 valence electrons. The van der Waals surface area contributed by atoms with Gasteiger partial charge in [0.05, 0.1) is 5.69 Å². The predicted molar refractivity (Wildman–Crippen MR) is 81.8 cm³/mol. The van der Waals surface area contributed by atoms with Gasteiger partial charge in [-0.25, -0.2) is 0 Å². The van der Waals surface area contributed by atoms with Crippen LogP contribution in [-0.4, -0.2) is 35.2 Å². The van der Waals surface area contributed by atoms with Crippen LogP contribution >= 0.6 is 0 Å². The van der Waals surface area contributed by atoms with Crippen LogP contribution in [0.15, 0.2) is 4.52 Å². The molecule has 20 heavy (non-hydrogen) atoms. The van der Waals surface area contributed by atoms with E-state index >= 15 is 0 Å². The van der Waals surface area contributed by atoms with Gasteiger partial charge in [0.25, 0.3) is 0 Å². The van der Waals surface area contributed by atoms with Crippen molar-refractivity contribution < 1.29 is 4.52 Å². The van der Waals surface area contributed by atoms with E-state index in [0.717, 1.165) is 30.5 Å². The van der Waals surface area contributed by atoms with E-state index in [1.807, 2.05) is 13.8 Å². The Morgan fingerprint density at radius 2 is 2.05 bits per heavy atom. The van der Waals surface area contributed by atoms with E-state index in [-0.39, 0.29) is 0 Å². The Morgan fingerprint density at radius 3 is 2.60 bits per heavy atom. The lowest BCUT2D eigenvalue weighted by atomic mass is 9.96. The maximum Gasteiger partial charge on any atom is 0.138 e. The Morgan fingerprint density at radius 1 is 1.35 bits per heavy atom. The van der Waals surface area contributed by atoms with Crippen LogP contribution in [-0.2, 0) is 0 Å². The second-order valence-electron chi connectivity index (χ2n) is 6.69. The van der Waals surface area contributed by atoms with E-state index in [4.69, 9.17) is 4.52 Å². The van der Waals surface area contributed by atoms with Crippen molar-refractivity contribution in [2.75, 3.05) is 13.1 Å². The van der Waals surface area contributed by atoms with E-state index in [1.165, 1.54) is 12.0 Å². The molecule has 3 atom stereocenters. The number of nitrogens with one attached hydrogen (secondary N) is 1. The predicted octanol–water partition coefficient (Wildman–Crippen LogP) is 3.06. The third kappa shape index (κ3) is 3.23. The van der Waals surface area contributed by atoms with Gasteiger partial charge in [0, 0.05) is 36.8 Å². The molecule has 1 saturated heterocycles. The maximum absolute atomic E-state index is 5.34. The highest BCUT2D eigenvalue weighted by Crippen LogP contribution is 2.29. The van der Waals surface area contributed by atoms with Crippen LogP contribution in [0.1, 0.15) is 57.2 Å². The third-order valence-corrected chi connectivity index (χ3v) is 4.46. The van der Waals surface area contributed by atoms with E-state index in [2.05, 4.69) is 43.1 Å². The van der Waals surface area contributed by atoms with E-state index in [9.17, 15) is 0 Å². The van der Waals surface area contributed by atoms with Crippen LogP contribution < -0.4 is 5.32 Å². The van der Waals surface area contributed by atoms with Gasteiger partial charge in [-0.15, -0.1) is 0 Å². The summed E-state index contributed by atoms with van der Waals surface area (Å²) in [7, 11) is 0. The topological polar surface area (TPSA) is 41.3 Å². The van der Waals surface area contributed by atoms with Crippen molar-refractivity contribution in [3.63, 3.8) is 0 Å². The van der Waals surface area contributed by atoms with Crippen molar-refractivity contribution in [2.24, 2.45) is 5.92 Å². The first kappa shape index (κ1) is 15.5. The summed E-state index contributed by atoms with van der Waals surface area (Å²) in [6.45, 7) is 15.4. The van der Waals surface area contributed by atoms with Gasteiger partial charge in [-0.05, 0) is 40.0 Å². The van der Waals surface area contributed by atoms with Gasteiger partial charge in [-0.3, -0.25) is 4.90 Å². The minimum Gasteiger partial charge on any atom is -0.361 e. The average Bonchev–Trinajstić information content (AvgIpc) is 2.70. The zero-order chi connectivity index (χ0) is 14.9. The number of hydrogen-bond acceptors (Lipinski definition) is 4. The SMILES string of the molecule is Cc1noc(C)c1C(C)N1CC(CC(C)C)NCC1C. The molecule has 1 aliphatic rings. The highest BCUT2D eigenvalue weighted by molar-refractivity contribution is 5.25. The number of aryl methyl sites for hydroxylation is 2. The molecule has 1 fully saturated rings. The average molecular weight is 279 g/mol. The minimum absolute atomic E-state index is 0.369. The quantitative estimate of drug-likeness (QED) is 0.919. The molecule has 1 aromatic rings. The summed E-state index contributed by atoms with van der Waals surface area (Å²) in [4.78, 5) is 2.59. The summed E-state index contributed by atoms with van der Waals surface area (Å²) >= 11 is 0. The number of nitrogens with zero attached hydrogens (tertiary/aromatic N) is 2. The van der Waals surface area contributed by atoms with E-state index in [0.29, 0.717) is 18.1 Å². The summed E-state index contributed by atoms with van der Waals surface area (Å²) in [5.74, 6) is 1.69. The van der Waals surface area contributed by atoms with Crippen LogP contribution in [0, 0.1) is 19.8 Å². The fraction of sp³-hybridized carbons (Fsp3) is 0.812. The first-order valence-electron chi connectivity index (χ1n) is 7.82. The van der Waals surface area contributed by atoms with Gasteiger partial charge >= 0.3 is 0 Å². The normalized spacial score (nSPS) is 26.1. The smallest absolute Gasteiger partial charge is 0.138 e. The van der Waals surface area contributed by atoms with E-state index < -0.39 is 0 Å². The molecular weight excluding hydrogens is 250 g/mol. The Kier molecular flexibility index (Phi) is 4.86. The van der Waals surface area contributed by atoms with Crippen LogP contribution in [0.3, 0.4) is 0 Å². The van der Waals surface area contributed by atoms with E-state index in [1.54, 1.807) is 0 Å². The zero-order valence-electron chi connectivity index (χ0n) is 13.7. The Balaban J connectivity index is 2.13. The summed E-state index contributed by atoms with van der Waals surface area (Å²) in [6.07, 6.45) is 1.23. The van der Waals surface area contributed by atoms with Gasteiger partial charge in [-0.1, -0.05) is 19.0 Å². The van der Waals surface area contributed by atoms with Gasteiger partial charge in [0.1, 0.15) is 5.76 Å². The molecule has 4 heteroatoms. The minimum atomic E-state index is 0.369. The second kappa shape index (κ2) is 6.27. The van der Waals surface area contributed by atoms with Crippen molar-refractivity contribution in [2.45, 2.75) is 66.1 Å². The lowest BCUT2D eigenvalue weighted by Gasteiger charge is -2.42. The number of hydrogen-bond donors (Lipinski definition) is 1. The molecule has 1 N–H and O–H groups in total. The van der Waals surface area contributed by atoms with Crippen LogP contribution in [0.5, 0.6) is 0 Å². The molecule has 0 radical (unpaired) electrons. The zero-order valence-corrected chi connectivity index (χ0v) is 13.7. The number of piperazine rings is 1. The molecule has 3 unspecified atom stereocenters. The van der Waals surface area contributed by atoms with Gasteiger partial charge < -0.3 is 9.84 Å². The van der Waals surface area contributed by atoms with Crippen molar-refractivity contribution in [3.8, 4) is 0 Å². The molecule has 1 aliphatic heterocycles. The molecule has 0 amide bonds. The molecule has 0 saturated carbocycles. The molecule has 2 rings (SSSR count). The molecule has 1 aromatic heterocycles. The lowest BCUT2D eigenvalue weighted by Crippen LogP contribution is -2.56. The summed E-state index contributed by atoms with van der Waals surface area (Å²) in [6, 6.07) is 1.50. The summed E-state index contributed by atoms with van der Waals surface area (Å²) in [5, 5.41) is 7.79. The molecule has 0 spiro atoms. The lowest BCUT2D eigenvalue weighted by molar-refractivity contribution is 0.0914. The van der Waals surface area contributed by atoms with Gasteiger partial charge in [0.2, 0.25) is 0 Å². The highest BCUT2D eigenvalue weighted by atomic mass is 16.5. The van der Waals surface area contributed by atoms with Crippen LogP contribution in [0.4, 0.5) is 0 Å². The molecule has 2 heterocycles. The number of rotatable bonds is 4. The fourth-order valence-electron chi connectivity index (χ4n) is 3.47. The summed E-state index contributed by atoms with van der Waals surface area (Å²) in [5.41, 5.74) is 2.29. The van der Waals surface area contributed by atoms with Crippen molar-refractivity contribution >= 4 is 0 Å². The second-order valence-corrected chi connectivity index (χ2v) is 6.69. The number of aromatic nitrogens is 1. The fourth-order valence-corrected chi connectivity index (χ4v) is 3.47. The van der Waals surface area contributed by atoms with Gasteiger partial charge in [0.15, 0.2) is 0 Å². The third-order valence-electron chi connectivity index (χ3n) is 4.46. The van der Waals surface area contributed by atoms with Crippen molar-refractivity contribution in [1.82, 2.24) is 15.4 Å². The van der Waals surface area contributed by atoms with Crippen LogP contribution in [0.2, 0.25) is 0 Å². The standard InChI is InChI=1S/C16H29N3O/c1-10(2)7-15-9-19(11(3)8-17-15)13(5)16-12(4)18-20-14(16)6/h10-11,13,15,17H,7-9H2,1-6H3. The molecular formula is C16H29N3O. The molecule has 4 nitrogen and oxygen atoms in total. The van der Waals surface area contributed by atoms with Crippen molar-refractivity contribution in [3.05, 3.63) is 17.0 Å². The molecule has 0 aliphatic carbocycles. The Bertz CT molecular complexity index is 421. The van der Waals surface area contributed by atoms with Crippen LogP contribution in [0.25, 0.3) is 0 Å². The molecule has 0 bridgehead atoms. The summed E-state index contributed by atoms with van der Waals surface area (Å²) < 4.78 is 5.34. The Hall–Kier alpha value is -0.870. The maximum atomic E-state index is 5.34. The van der Waals surface area contributed by atoms with Gasteiger partial charge in [-0.2, -0.15) is 0 Å². The molecule has 0 aromatic carbocycles.